The zero-order chi connectivity index (χ0) is 21.5. The van der Waals surface area contributed by atoms with Crippen LogP contribution in [0.4, 0.5) is 11.4 Å². The molecule has 0 saturated carbocycles. The second-order valence-electron chi connectivity index (χ2n) is 5.71. The molecule has 0 saturated heterocycles. The molecule has 0 bridgehead atoms. The SMILES string of the molecule is Nc1ccc(C(CO)S(=O)(=O)C(CO)c2ccc(N)cc2)cc1.O=S(=O)(O)O. The van der Waals surface area contributed by atoms with Crippen molar-refractivity contribution in [1.29, 1.82) is 0 Å². The Morgan fingerprint density at radius 3 is 1.14 bits per heavy atom. The zero-order valence-electron chi connectivity index (χ0n) is 14.6. The van der Waals surface area contributed by atoms with Gasteiger partial charge in [-0.1, -0.05) is 24.3 Å². The summed E-state index contributed by atoms with van der Waals surface area (Å²) < 4.78 is 57.3. The quantitative estimate of drug-likeness (QED) is 0.272. The molecule has 2 rings (SSSR count). The smallest absolute Gasteiger partial charge is 0.394 e. The number of sulfone groups is 1. The average molecular weight is 434 g/mol. The lowest BCUT2D eigenvalue weighted by Crippen LogP contribution is -2.26. The molecular formula is C16H22N2O8S2. The van der Waals surface area contributed by atoms with Crippen LogP contribution in [-0.4, -0.2) is 49.4 Å². The van der Waals surface area contributed by atoms with Crippen LogP contribution < -0.4 is 11.5 Å². The lowest BCUT2D eigenvalue weighted by Gasteiger charge is -2.22. The highest BCUT2D eigenvalue weighted by Gasteiger charge is 2.35. The fraction of sp³-hybridized carbons (Fsp3) is 0.250. The van der Waals surface area contributed by atoms with E-state index in [9.17, 15) is 18.6 Å². The van der Waals surface area contributed by atoms with Gasteiger partial charge in [0.1, 0.15) is 10.5 Å². The van der Waals surface area contributed by atoms with E-state index in [0.717, 1.165) is 0 Å². The van der Waals surface area contributed by atoms with Gasteiger partial charge in [-0.25, -0.2) is 8.42 Å². The van der Waals surface area contributed by atoms with Crippen LogP contribution in [0.25, 0.3) is 0 Å². The normalized spacial score (nSPS) is 13.9. The first-order valence-corrected chi connectivity index (χ1v) is 10.8. The van der Waals surface area contributed by atoms with Crippen molar-refractivity contribution in [3.8, 4) is 0 Å². The Balaban J connectivity index is 0.000000696. The minimum absolute atomic E-state index is 0.426. The standard InChI is InChI=1S/C16H20N2O4S.H2O4S/c17-13-5-1-11(2-6-13)15(9-19)23(21,22)16(10-20)12-3-7-14(18)8-4-12;1-5(2,3)4/h1-8,15-16,19-20H,9-10,17-18H2;(H2,1,2,3,4). The van der Waals surface area contributed by atoms with Crippen molar-refractivity contribution < 1.29 is 36.2 Å². The maximum Gasteiger partial charge on any atom is 0.394 e. The van der Waals surface area contributed by atoms with Crippen molar-refractivity contribution in [2.24, 2.45) is 0 Å². The summed E-state index contributed by atoms with van der Waals surface area (Å²) in [7, 11) is -8.54. The first-order valence-electron chi connectivity index (χ1n) is 7.75. The summed E-state index contributed by atoms with van der Waals surface area (Å²) in [6.45, 7) is -1.17. The minimum Gasteiger partial charge on any atom is -0.399 e. The third-order valence-corrected chi connectivity index (χ3v) is 6.17. The van der Waals surface area contributed by atoms with E-state index < -0.39 is 43.9 Å². The molecule has 2 atom stereocenters. The van der Waals surface area contributed by atoms with E-state index in [1.54, 1.807) is 48.5 Å². The molecule has 0 aliphatic rings. The molecule has 0 spiro atoms. The van der Waals surface area contributed by atoms with Gasteiger partial charge in [-0.15, -0.1) is 0 Å². The molecular weight excluding hydrogens is 412 g/mol. The number of aliphatic hydroxyl groups excluding tert-OH is 2. The zero-order valence-corrected chi connectivity index (χ0v) is 16.2. The van der Waals surface area contributed by atoms with E-state index in [2.05, 4.69) is 0 Å². The van der Waals surface area contributed by atoms with Gasteiger partial charge in [0.05, 0.1) is 13.2 Å². The van der Waals surface area contributed by atoms with Crippen LogP contribution in [0.2, 0.25) is 0 Å². The number of nitrogen functional groups attached to an aromatic ring is 2. The predicted octanol–water partition coefficient (Wildman–Crippen LogP) is 0.380. The molecule has 0 heterocycles. The van der Waals surface area contributed by atoms with E-state index in [4.69, 9.17) is 29.0 Å². The molecule has 0 aliphatic carbocycles. The van der Waals surface area contributed by atoms with Crippen LogP contribution in [0.5, 0.6) is 0 Å². The molecule has 156 valence electrons. The summed E-state index contributed by atoms with van der Waals surface area (Å²) in [4.78, 5) is 0. The van der Waals surface area contributed by atoms with E-state index in [1.807, 2.05) is 0 Å². The van der Waals surface area contributed by atoms with Crippen LogP contribution in [0.15, 0.2) is 48.5 Å². The number of hydrogen-bond donors (Lipinski definition) is 6. The van der Waals surface area contributed by atoms with Gasteiger partial charge in [-0.3, -0.25) is 9.11 Å². The lowest BCUT2D eigenvalue weighted by molar-refractivity contribution is 0.279. The van der Waals surface area contributed by atoms with Crippen molar-refractivity contribution in [1.82, 2.24) is 0 Å². The Labute approximate surface area is 162 Å². The number of hydrogen-bond acceptors (Lipinski definition) is 8. The molecule has 2 aromatic rings. The highest BCUT2D eigenvalue weighted by molar-refractivity contribution is 7.92. The van der Waals surface area contributed by atoms with E-state index >= 15 is 0 Å². The number of rotatable bonds is 6. The van der Waals surface area contributed by atoms with Crippen molar-refractivity contribution in [2.75, 3.05) is 24.7 Å². The summed E-state index contributed by atoms with van der Waals surface area (Å²) >= 11 is 0. The Hall–Kier alpha value is -2.22. The summed E-state index contributed by atoms with van der Waals surface area (Å²) in [6.07, 6.45) is 0. The van der Waals surface area contributed by atoms with Gasteiger partial charge in [0.25, 0.3) is 0 Å². The van der Waals surface area contributed by atoms with Crippen molar-refractivity contribution in [3.05, 3.63) is 59.7 Å². The highest BCUT2D eigenvalue weighted by atomic mass is 32.3. The molecule has 10 nitrogen and oxygen atoms in total. The monoisotopic (exact) mass is 434 g/mol. The maximum atomic E-state index is 12.9. The Kier molecular flexibility index (Phi) is 8.35. The first-order chi connectivity index (χ1) is 12.9. The summed E-state index contributed by atoms with van der Waals surface area (Å²) in [6, 6.07) is 12.5. The van der Waals surface area contributed by atoms with Crippen molar-refractivity contribution in [2.45, 2.75) is 10.5 Å². The minimum atomic E-state index is -4.67. The van der Waals surface area contributed by atoms with Crippen LogP contribution in [-0.2, 0) is 20.2 Å². The number of nitrogens with two attached hydrogens (primary N) is 2. The topological polar surface area (TPSA) is 201 Å². The predicted molar refractivity (Wildman–Crippen MR) is 104 cm³/mol. The molecule has 0 aliphatic heterocycles. The van der Waals surface area contributed by atoms with Gasteiger partial charge in [0, 0.05) is 11.4 Å². The van der Waals surface area contributed by atoms with Crippen molar-refractivity contribution in [3.63, 3.8) is 0 Å². The molecule has 8 N–H and O–H groups in total. The van der Waals surface area contributed by atoms with Gasteiger partial charge in [0.2, 0.25) is 0 Å². The molecule has 2 aromatic carbocycles. The second kappa shape index (κ2) is 9.82. The maximum absolute atomic E-state index is 12.9. The van der Waals surface area contributed by atoms with Gasteiger partial charge in [0.15, 0.2) is 9.84 Å². The van der Waals surface area contributed by atoms with Crippen LogP contribution >= 0.6 is 0 Å². The van der Waals surface area contributed by atoms with Crippen molar-refractivity contribution >= 4 is 31.6 Å². The average Bonchev–Trinajstić information content (AvgIpc) is 2.58. The summed E-state index contributed by atoms with van der Waals surface area (Å²) in [5.41, 5.74) is 13.1. The van der Waals surface area contributed by atoms with Crippen LogP contribution in [0, 0.1) is 0 Å². The summed E-state index contributed by atoms with van der Waals surface area (Å²) in [5.74, 6) is 0. The van der Waals surface area contributed by atoms with Crippen LogP contribution in [0.1, 0.15) is 21.6 Å². The highest BCUT2D eigenvalue weighted by Crippen LogP contribution is 2.34. The van der Waals surface area contributed by atoms with E-state index in [0.29, 0.717) is 22.5 Å². The molecule has 0 radical (unpaired) electrons. The molecule has 0 amide bonds. The fourth-order valence-electron chi connectivity index (χ4n) is 2.42. The van der Waals surface area contributed by atoms with E-state index in [-0.39, 0.29) is 0 Å². The summed E-state index contributed by atoms with van der Waals surface area (Å²) in [5, 5.41) is 16.9. The first kappa shape index (κ1) is 23.8. The fourth-order valence-corrected chi connectivity index (χ4v) is 4.30. The molecule has 0 aromatic heterocycles. The van der Waals surface area contributed by atoms with Crippen LogP contribution in [0.3, 0.4) is 0 Å². The Morgan fingerprint density at radius 2 is 0.929 bits per heavy atom. The second-order valence-corrected chi connectivity index (χ2v) is 8.92. The molecule has 2 unspecified atom stereocenters. The number of benzene rings is 2. The van der Waals surface area contributed by atoms with Gasteiger partial charge >= 0.3 is 10.4 Å². The Bertz CT molecular complexity index is 891. The Morgan fingerprint density at radius 1 is 0.679 bits per heavy atom. The lowest BCUT2D eigenvalue weighted by atomic mass is 10.1. The van der Waals surface area contributed by atoms with E-state index in [1.165, 1.54) is 0 Å². The van der Waals surface area contributed by atoms with Gasteiger partial charge < -0.3 is 21.7 Å². The molecule has 0 fully saturated rings. The molecule has 28 heavy (non-hydrogen) atoms. The third-order valence-electron chi connectivity index (χ3n) is 3.74. The number of aliphatic hydroxyl groups is 2. The third kappa shape index (κ3) is 7.07. The van der Waals surface area contributed by atoms with Gasteiger partial charge in [-0.05, 0) is 35.4 Å². The molecule has 12 heteroatoms. The number of anilines is 2. The van der Waals surface area contributed by atoms with Gasteiger partial charge in [-0.2, -0.15) is 8.42 Å². The largest absolute Gasteiger partial charge is 0.399 e.